The monoisotopic (exact) mass is 390 g/mol. The van der Waals surface area contributed by atoms with Gasteiger partial charge in [0.05, 0.1) is 11.8 Å². The first-order chi connectivity index (χ1) is 12.4. The van der Waals surface area contributed by atoms with Crippen molar-refractivity contribution in [2.45, 2.75) is 13.0 Å². The number of ether oxygens (including phenoxy) is 1. The van der Waals surface area contributed by atoms with Crippen LogP contribution in [0, 0.1) is 0 Å². The lowest BCUT2D eigenvalue weighted by Gasteiger charge is -2.12. The van der Waals surface area contributed by atoms with Crippen molar-refractivity contribution < 1.29 is 19.4 Å². The fraction of sp³-hybridized carbons (Fsp3) is 0.167. The minimum Gasteiger partial charge on any atom is -0.495 e. The summed E-state index contributed by atoms with van der Waals surface area (Å²) in [5, 5.41) is 9.91. The van der Waals surface area contributed by atoms with Gasteiger partial charge in [0, 0.05) is 10.6 Å². The maximum atomic E-state index is 12.5. The number of benzene rings is 2. The molecule has 0 aliphatic rings. The van der Waals surface area contributed by atoms with Gasteiger partial charge in [-0.25, -0.2) is 4.79 Å². The van der Waals surface area contributed by atoms with Crippen molar-refractivity contribution in [3.8, 4) is 5.75 Å². The number of para-hydroxylation sites is 1. The van der Waals surface area contributed by atoms with Gasteiger partial charge in [-0.2, -0.15) is 4.99 Å². The van der Waals surface area contributed by atoms with Crippen LogP contribution in [0.1, 0.15) is 23.3 Å². The summed E-state index contributed by atoms with van der Waals surface area (Å²) in [6, 6.07) is 10.9. The molecular formula is C18H15ClN2O4S. The van der Waals surface area contributed by atoms with Crippen LogP contribution in [0.3, 0.4) is 0 Å². The van der Waals surface area contributed by atoms with E-state index in [0.717, 1.165) is 4.70 Å². The van der Waals surface area contributed by atoms with Gasteiger partial charge in [-0.05, 0) is 37.3 Å². The third-order valence-corrected chi connectivity index (χ3v) is 5.10. The van der Waals surface area contributed by atoms with E-state index in [9.17, 15) is 14.7 Å². The largest absolute Gasteiger partial charge is 0.495 e. The first-order valence-corrected chi connectivity index (χ1v) is 8.87. The molecule has 134 valence electrons. The number of hydrogen-bond donors (Lipinski definition) is 1. The highest BCUT2D eigenvalue weighted by Crippen LogP contribution is 2.29. The quantitative estimate of drug-likeness (QED) is 0.735. The molecule has 0 aliphatic heterocycles. The Morgan fingerprint density at radius 1 is 1.27 bits per heavy atom. The number of halogens is 1. The van der Waals surface area contributed by atoms with Gasteiger partial charge < -0.3 is 9.84 Å². The number of aromatic nitrogens is 1. The van der Waals surface area contributed by atoms with Gasteiger partial charge in [-0.1, -0.05) is 35.1 Å². The second-order valence-electron chi connectivity index (χ2n) is 5.50. The number of carbonyl (C=O) groups excluding carboxylic acids is 1. The van der Waals surface area contributed by atoms with E-state index in [1.54, 1.807) is 30.3 Å². The Labute approximate surface area is 157 Å². The highest BCUT2D eigenvalue weighted by Gasteiger charge is 2.21. The van der Waals surface area contributed by atoms with Crippen LogP contribution >= 0.6 is 22.9 Å². The Morgan fingerprint density at radius 3 is 2.65 bits per heavy atom. The van der Waals surface area contributed by atoms with Gasteiger partial charge in [0.2, 0.25) is 0 Å². The second kappa shape index (κ2) is 7.31. The Hall–Kier alpha value is -2.64. The van der Waals surface area contributed by atoms with Crippen LogP contribution in [0.5, 0.6) is 5.75 Å². The lowest BCUT2D eigenvalue weighted by atomic mass is 10.2. The average Bonchev–Trinajstić information content (AvgIpc) is 2.98. The number of carboxylic acids is 1. The smallest absolute Gasteiger partial charge is 0.326 e. The number of fused-ring (bicyclic) bond motifs is 1. The van der Waals surface area contributed by atoms with E-state index in [1.807, 2.05) is 6.07 Å². The molecule has 1 N–H and O–H groups in total. The summed E-state index contributed by atoms with van der Waals surface area (Å²) in [5.41, 5.74) is 0.920. The zero-order valence-corrected chi connectivity index (χ0v) is 15.5. The highest BCUT2D eigenvalue weighted by atomic mass is 35.5. The fourth-order valence-corrected chi connectivity index (χ4v) is 3.85. The van der Waals surface area contributed by atoms with Crippen molar-refractivity contribution in [2.75, 3.05) is 7.11 Å². The summed E-state index contributed by atoms with van der Waals surface area (Å²) in [4.78, 5) is 28.6. The molecule has 1 heterocycles. The summed E-state index contributed by atoms with van der Waals surface area (Å²) < 4.78 is 7.64. The van der Waals surface area contributed by atoms with E-state index in [1.165, 1.54) is 36.0 Å². The van der Waals surface area contributed by atoms with E-state index in [-0.39, 0.29) is 4.80 Å². The molecule has 1 atom stereocenters. The first-order valence-electron chi connectivity index (χ1n) is 7.68. The maximum Gasteiger partial charge on any atom is 0.326 e. The molecule has 8 heteroatoms. The van der Waals surface area contributed by atoms with Gasteiger partial charge in [0.15, 0.2) is 4.80 Å². The molecule has 3 rings (SSSR count). The zero-order chi connectivity index (χ0) is 18.8. The van der Waals surface area contributed by atoms with Crippen LogP contribution in [-0.2, 0) is 4.79 Å². The van der Waals surface area contributed by atoms with E-state index < -0.39 is 17.9 Å². The number of aliphatic carboxylic acids is 1. The highest BCUT2D eigenvalue weighted by molar-refractivity contribution is 7.16. The molecule has 0 saturated heterocycles. The molecule has 0 radical (unpaired) electrons. The molecule has 1 unspecified atom stereocenters. The predicted molar refractivity (Wildman–Crippen MR) is 100 cm³/mol. The minimum atomic E-state index is -1.03. The van der Waals surface area contributed by atoms with E-state index in [0.29, 0.717) is 21.9 Å². The number of carboxylic acid groups (broad SMARTS) is 1. The molecule has 1 amide bonds. The van der Waals surface area contributed by atoms with E-state index >= 15 is 0 Å². The summed E-state index contributed by atoms with van der Waals surface area (Å²) in [5.74, 6) is -1.01. The van der Waals surface area contributed by atoms with Crippen molar-refractivity contribution >= 4 is 45.0 Å². The van der Waals surface area contributed by atoms with Crippen molar-refractivity contribution in [1.82, 2.24) is 4.57 Å². The number of carbonyl (C=O) groups is 2. The van der Waals surface area contributed by atoms with Gasteiger partial charge in [-0.15, -0.1) is 0 Å². The van der Waals surface area contributed by atoms with Crippen LogP contribution in [0.4, 0.5) is 0 Å². The van der Waals surface area contributed by atoms with Crippen LogP contribution in [0.15, 0.2) is 47.5 Å². The number of methoxy groups -OCH3 is 1. The van der Waals surface area contributed by atoms with Gasteiger partial charge in [0.1, 0.15) is 17.3 Å². The molecule has 0 bridgehead atoms. The van der Waals surface area contributed by atoms with Crippen LogP contribution in [0.2, 0.25) is 5.02 Å². The maximum absolute atomic E-state index is 12.5. The van der Waals surface area contributed by atoms with Crippen LogP contribution in [-0.4, -0.2) is 28.7 Å². The summed E-state index contributed by atoms with van der Waals surface area (Å²) in [6.07, 6.45) is 0. The van der Waals surface area contributed by atoms with Gasteiger partial charge in [-0.3, -0.25) is 9.36 Å². The van der Waals surface area contributed by atoms with Crippen LogP contribution < -0.4 is 9.54 Å². The molecule has 0 saturated carbocycles. The number of amides is 1. The Morgan fingerprint density at radius 2 is 2.00 bits per heavy atom. The SMILES string of the molecule is COc1cccc2s/c(=N\C(=O)c3cccc(Cl)c3)n(C(C)C(=O)O)c12. The topological polar surface area (TPSA) is 80.9 Å². The van der Waals surface area contributed by atoms with E-state index in [4.69, 9.17) is 16.3 Å². The molecule has 1 aromatic heterocycles. The number of rotatable bonds is 4. The number of nitrogens with zero attached hydrogens (tertiary/aromatic N) is 2. The molecule has 6 nitrogen and oxygen atoms in total. The molecule has 0 fully saturated rings. The fourth-order valence-electron chi connectivity index (χ4n) is 2.55. The standard InChI is InChI=1S/C18H15ClN2O4S/c1-10(17(23)24)21-15-13(25-2)7-4-8-14(15)26-18(21)20-16(22)11-5-3-6-12(19)9-11/h3-10H,1-2H3,(H,23,24)/b20-18-. The minimum absolute atomic E-state index is 0.282. The summed E-state index contributed by atoms with van der Waals surface area (Å²) in [7, 11) is 1.51. The molecule has 26 heavy (non-hydrogen) atoms. The average molecular weight is 391 g/mol. The predicted octanol–water partition coefficient (Wildman–Crippen LogP) is 3.75. The third-order valence-electron chi connectivity index (χ3n) is 3.84. The zero-order valence-electron chi connectivity index (χ0n) is 14.0. The van der Waals surface area contributed by atoms with Crippen molar-refractivity contribution in [1.29, 1.82) is 0 Å². The first kappa shape index (κ1) is 18.2. The molecule has 0 spiro atoms. The lowest BCUT2D eigenvalue weighted by molar-refractivity contribution is -0.140. The normalized spacial score (nSPS) is 13.0. The molecule has 2 aromatic carbocycles. The Kier molecular flexibility index (Phi) is 5.11. The summed E-state index contributed by atoms with van der Waals surface area (Å²) >= 11 is 7.15. The molecular weight excluding hydrogens is 376 g/mol. The summed E-state index contributed by atoms with van der Waals surface area (Å²) in [6.45, 7) is 1.53. The molecule has 3 aromatic rings. The number of thiazole rings is 1. The number of hydrogen-bond acceptors (Lipinski definition) is 4. The third kappa shape index (κ3) is 3.36. The van der Waals surface area contributed by atoms with Crippen molar-refractivity contribution in [3.63, 3.8) is 0 Å². The van der Waals surface area contributed by atoms with Gasteiger partial charge in [0.25, 0.3) is 5.91 Å². The van der Waals surface area contributed by atoms with Crippen molar-refractivity contribution in [3.05, 3.63) is 57.9 Å². The lowest BCUT2D eigenvalue weighted by Crippen LogP contribution is -2.25. The van der Waals surface area contributed by atoms with Crippen LogP contribution in [0.25, 0.3) is 10.2 Å². The van der Waals surface area contributed by atoms with Gasteiger partial charge >= 0.3 is 5.97 Å². The Balaban J connectivity index is 2.26. The Bertz CT molecular complexity index is 1070. The van der Waals surface area contributed by atoms with Crippen molar-refractivity contribution in [2.24, 2.45) is 4.99 Å². The second-order valence-corrected chi connectivity index (χ2v) is 6.95. The van der Waals surface area contributed by atoms with E-state index in [2.05, 4.69) is 4.99 Å². The molecule has 0 aliphatic carbocycles.